The second-order valence-corrected chi connectivity index (χ2v) is 5.06. The number of hydrogen-bond donors (Lipinski definition) is 3. The highest BCUT2D eigenvalue weighted by atomic mass is 35.5. The predicted octanol–water partition coefficient (Wildman–Crippen LogP) is 1.85. The molecule has 0 aromatic heterocycles. The normalized spacial score (nSPS) is 19.5. The summed E-state index contributed by atoms with van der Waals surface area (Å²) in [7, 11) is 0. The third-order valence-corrected chi connectivity index (χ3v) is 3.54. The van der Waals surface area contributed by atoms with Crippen molar-refractivity contribution in [2.75, 3.05) is 25.0 Å². The fourth-order valence-corrected chi connectivity index (χ4v) is 2.46. The largest absolute Gasteiger partial charge is 0.385 e. The summed E-state index contributed by atoms with van der Waals surface area (Å²) in [5, 5.41) is 7.12. The van der Waals surface area contributed by atoms with E-state index in [4.69, 9.17) is 17.3 Å². The summed E-state index contributed by atoms with van der Waals surface area (Å²) < 4.78 is 0. The highest BCUT2D eigenvalue weighted by Gasteiger charge is 2.13. The summed E-state index contributed by atoms with van der Waals surface area (Å²) >= 11 is 5.99. The van der Waals surface area contributed by atoms with E-state index in [9.17, 15) is 4.79 Å². The van der Waals surface area contributed by atoms with Crippen molar-refractivity contribution in [1.82, 2.24) is 5.32 Å². The molecule has 1 atom stereocenters. The molecule has 1 fully saturated rings. The van der Waals surface area contributed by atoms with Gasteiger partial charge in [0.05, 0.1) is 10.6 Å². The van der Waals surface area contributed by atoms with Crippen molar-refractivity contribution in [2.45, 2.75) is 12.8 Å². The van der Waals surface area contributed by atoms with Gasteiger partial charge in [-0.3, -0.25) is 4.79 Å². The van der Waals surface area contributed by atoms with Crippen LogP contribution in [0.3, 0.4) is 0 Å². The molecule has 0 bridgehead atoms. The van der Waals surface area contributed by atoms with Crippen molar-refractivity contribution in [3.8, 4) is 0 Å². The molecule has 1 unspecified atom stereocenters. The zero-order valence-corrected chi connectivity index (χ0v) is 11.0. The van der Waals surface area contributed by atoms with E-state index in [0.717, 1.165) is 25.3 Å². The van der Waals surface area contributed by atoms with E-state index in [1.54, 1.807) is 12.1 Å². The summed E-state index contributed by atoms with van der Waals surface area (Å²) in [4.78, 5) is 11.0. The Balaban J connectivity index is 1.93. The minimum Gasteiger partial charge on any atom is -0.385 e. The van der Waals surface area contributed by atoms with Gasteiger partial charge >= 0.3 is 0 Å². The summed E-state index contributed by atoms with van der Waals surface area (Å²) in [6, 6.07) is 5.24. The van der Waals surface area contributed by atoms with E-state index in [1.807, 2.05) is 6.07 Å². The van der Waals surface area contributed by atoms with Crippen LogP contribution in [-0.2, 0) is 0 Å². The van der Waals surface area contributed by atoms with E-state index < -0.39 is 5.91 Å². The number of hydrogen-bond acceptors (Lipinski definition) is 3. The van der Waals surface area contributed by atoms with Crippen molar-refractivity contribution in [3.05, 3.63) is 28.8 Å². The molecule has 1 aliphatic rings. The summed E-state index contributed by atoms with van der Waals surface area (Å²) in [5.74, 6) is 0.149. The lowest BCUT2D eigenvalue weighted by Crippen LogP contribution is -2.33. The van der Waals surface area contributed by atoms with Gasteiger partial charge in [-0.25, -0.2) is 0 Å². The number of nitrogens with two attached hydrogens (primary N) is 1. The lowest BCUT2D eigenvalue weighted by atomic mass is 10.00. The first-order chi connectivity index (χ1) is 8.66. The molecule has 1 aromatic carbocycles. The molecule has 5 heteroatoms. The van der Waals surface area contributed by atoms with Gasteiger partial charge < -0.3 is 16.4 Å². The molecule has 1 amide bonds. The number of primary amides is 1. The van der Waals surface area contributed by atoms with Crippen LogP contribution in [0.25, 0.3) is 0 Å². The lowest BCUT2D eigenvalue weighted by Gasteiger charge is -2.23. The van der Waals surface area contributed by atoms with Crippen LogP contribution in [0.1, 0.15) is 23.2 Å². The first-order valence-electron chi connectivity index (χ1n) is 6.21. The molecule has 0 spiro atoms. The van der Waals surface area contributed by atoms with Crippen LogP contribution in [0.4, 0.5) is 5.69 Å². The molecule has 4 N–H and O–H groups in total. The van der Waals surface area contributed by atoms with Gasteiger partial charge in [-0.2, -0.15) is 0 Å². The van der Waals surface area contributed by atoms with Crippen molar-refractivity contribution in [1.29, 1.82) is 0 Å². The molecular formula is C13H18ClN3O. The van der Waals surface area contributed by atoms with Gasteiger partial charge in [-0.05, 0) is 50.0 Å². The van der Waals surface area contributed by atoms with Crippen LogP contribution < -0.4 is 16.4 Å². The topological polar surface area (TPSA) is 67.2 Å². The molecule has 1 aromatic rings. The lowest BCUT2D eigenvalue weighted by molar-refractivity contribution is 0.100. The molecule has 4 nitrogen and oxygen atoms in total. The molecule has 0 radical (unpaired) electrons. The van der Waals surface area contributed by atoms with Crippen molar-refractivity contribution in [2.24, 2.45) is 11.7 Å². The van der Waals surface area contributed by atoms with Crippen LogP contribution in [0.5, 0.6) is 0 Å². The molecular weight excluding hydrogens is 250 g/mol. The first-order valence-corrected chi connectivity index (χ1v) is 6.58. The molecule has 1 saturated heterocycles. The van der Waals surface area contributed by atoms with Gasteiger partial charge in [-0.1, -0.05) is 11.6 Å². The van der Waals surface area contributed by atoms with Crippen LogP contribution in [0, 0.1) is 5.92 Å². The van der Waals surface area contributed by atoms with Gasteiger partial charge in [0.1, 0.15) is 0 Å². The van der Waals surface area contributed by atoms with Gasteiger partial charge in [0.15, 0.2) is 0 Å². The Kier molecular flexibility index (Phi) is 4.44. The monoisotopic (exact) mass is 267 g/mol. The number of amides is 1. The Labute approximate surface area is 112 Å². The van der Waals surface area contributed by atoms with Crippen LogP contribution in [-0.4, -0.2) is 25.5 Å². The quantitative estimate of drug-likeness (QED) is 0.780. The highest BCUT2D eigenvalue weighted by molar-refractivity contribution is 6.34. The Morgan fingerprint density at radius 3 is 3.00 bits per heavy atom. The van der Waals surface area contributed by atoms with Crippen molar-refractivity contribution >= 4 is 23.2 Å². The summed E-state index contributed by atoms with van der Waals surface area (Å²) in [6.45, 7) is 3.09. The Bertz CT molecular complexity index is 430. The molecule has 2 rings (SSSR count). The van der Waals surface area contributed by atoms with Gasteiger partial charge in [0.2, 0.25) is 5.91 Å². The number of halogens is 1. The fourth-order valence-electron chi connectivity index (χ4n) is 2.19. The Hall–Kier alpha value is -1.26. The number of anilines is 1. The SMILES string of the molecule is NC(=O)c1ccc(NCC2CCCNC2)cc1Cl. The maximum Gasteiger partial charge on any atom is 0.250 e. The highest BCUT2D eigenvalue weighted by Crippen LogP contribution is 2.21. The van der Waals surface area contributed by atoms with Gasteiger partial charge in [0.25, 0.3) is 0 Å². The maximum absolute atomic E-state index is 11.0. The van der Waals surface area contributed by atoms with E-state index >= 15 is 0 Å². The molecule has 1 heterocycles. The number of rotatable bonds is 4. The summed E-state index contributed by atoms with van der Waals surface area (Å²) in [6.07, 6.45) is 2.47. The number of carbonyl (C=O) groups is 1. The van der Waals surface area contributed by atoms with Crippen LogP contribution in [0.15, 0.2) is 18.2 Å². The van der Waals surface area contributed by atoms with E-state index in [0.29, 0.717) is 16.5 Å². The van der Waals surface area contributed by atoms with Crippen molar-refractivity contribution < 1.29 is 4.79 Å². The molecule has 0 aliphatic carbocycles. The number of carbonyl (C=O) groups excluding carboxylic acids is 1. The summed E-state index contributed by atoms with van der Waals surface area (Å²) in [5.41, 5.74) is 6.49. The third-order valence-electron chi connectivity index (χ3n) is 3.23. The van der Waals surface area contributed by atoms with Gasteiger partial charge in [0, 0.05) is 12.2 Å². The third kappa shape index (κ3) is 3.37. The van der Waals surface area contributed by atoms with Crippen molar-refractivity contribution in [3.63, 3.8) is 0 Å². The van der Waals surface area contributed by atoms with Gasteiger partial charge in [-0.15, -0.1) is 0 Å². The van der Waals surface area contributed by atoms with Crippen LogP contribution >= 0.6 is 11.6 Å². The average Bonchev–Trinajstić information content (AvgIpc) is 2.37. The molecule has 0 saturated carbocycles. The Morgan fingerprint density at radius 1 is 1.56 bits per heavy atom. The predicted molar refractivity (Wildman–Crippen MR) is 74.1 cm³/mol. The second-order valence-electron chi connectivity index (χ2n) is 4.65. The molecule has 1 aliphatic heterocycles. The first kappa shape index (κ1) is 13.2. The van der Waals surface area contributed by atoms with E-state index in [-0.39, 0.29) is 0 Å². The van der Waals surface area contributed by atoms with Crippen LogP contribution in [0.2, 0.25) is 5.02 Å². The second kappa shape index (κ2) is 6.07. The average molecular weight is 268 g/mol. The number of nitrogens with one attached hydrogen (secondary N) is 2. The smallest absolute Gasteiger partial charge is 0.250 e. The zero-order chi connectivity index (χ0) is 13.0. The number of piperidine rings is 1. The zero-order valence-electron chi connectivity index (χ0n) is 10.2. The van der Waals surface area contributed by atoms with E-state index in [2.05, 4.69) is 10.6 Å². The minimum absolute atomic E-state index is 0.363. The van der Waals surface area contributed by atoms with E-state index in [1.165, 1.54) is 12.8 Å². The molecule has 98 valence electrons. The number of benzene rings is 1. The fraction of sp³-hybridized carbons (Fsp3) is 0.462. The minimum atomic E-state index is -0.497. The maximum atomic E-state index is 11.0. The Morgan fingerprint density at radius 2 is 2.39 bits per heavy atom. The molecule has 18 heavy (non-hydrogen) atoms. The standard InChI is InChI=1S/C13H18ClN3O/c14-12-6-10(3-4-11(12)13(15)18)17-8-9-2-1-5-16-7-9/h3-4,6,9,16-17H,1-2,5,7-8H2,(H2,15,18).